The highest BCUT2D eigenvalue weighted by molar-refractivity contribution is 5.49. The molecule has 0 aliphatic carbocycles. The third-order valence-corrected chi connectivity index (χ3v) is 3.64. The third-order valence-electron chi connectivity index (χ3n) is 3.64. The van der Waals surface area contributed by atoms with E-state index < -0.39 is 11.6 Å². The van der Waals surface area contributed by atoms with Crippen LogP contribution < -0.4 is 0 Å². The van der Waals surface area contributed by atoms with E-state index in [4.69, 9.17) is 0 Å². The van der Waals surface area contributed by atoms with Crippen molar-refractivity contribution in [3.8, 4) is 23.7 Å². The van der Waals surface area contributed by atoms with Gasteiger partial charge in [-0.15, -0.1) is 0 Å². The Bertz CT molecular complexity index is 966. The summed E-state index contributed by atoms with van der Waals surface area (Å²) in [5, 5.41) is 0. The minimum Gasteiger partial charge on any atom is -0.207 e. The maximum absolute atomic E-state index is 14.2. The van der Waals surface area contributed by atoms with Gasteiger partial charge in [0.2, 0.25) is 0 Å². The number of rotatable bonds is 0. The number of halogens is 3. The van der Waals surface area contributed by atoms with Crippen LogP contribution >= 0.6 is 0 Å². The van der Waals surface area contributed by atoms with E-state index in [1.54, 1.807) is 0 Å². The van der Waals surface area contributed by atoms with E-state index >= 15 is 0 Å². The van der Waals surface area contributed by atoms with Gasteiger partial charge in [0.1, 0.15) is 17.5 Å². The van der Waals surface area contributed by atoms with Crippen molar-refractivity contribution in [3.05, 3.63) is 106 Å². The molecule has 0 nitrogen and oxygen atoms in total. The molecule has 0 amide bonds. The first-order valence-electron chi connectivity index (χ1n) is 7.86. The lowest BCUT2D eigenvalue weighted by Gasteiger charge is -1.99. The molecule has 0 aliphatic heterocycles. The van der Waals surface area contributed by atoms with E-state index in [1.807, 2.05) is 31.2 Å². The maximum atomic E-state index is 14.2. The second kappa shape index (κ2) is 7.64. The molecule has 0 saturated heterocycles. The molecule has 3 aromatic carbocycles. The highest BCUT2D eigenvalue weighted by Gasteiger charge is 2.07. The van der Waals surface area contributed by atoms with Crippen LogP contribution in [0.5, 0.6) is 0 Å². The first-order chi connectivity index (χ1) is 12.5. The van der Waals surface area contributed by atoms with Gasteiger partial charge < -0.3 is 0 Å². The lowest BCUT2D eigenvalue weighted by Crippen LogP contribution is -1.92. The fourth-order valence-corrected chi connectivity index (χ4v) is 2.19. The molecule has 0 aliphatic rings. The minimum atomic E-state index is -0.658. The Morgan fingerprint density at radius 2 is 1.00 bits per heavy atom. The molecule has 3 heteroatoms. The van der Waals surface area contributed by atoms with Crippen molar-refractivity contribution in [1.29, 1.82) is 0 Å². The smallest absolute Gasteiger partial charge is 0.140 e. The number of aryl methyl sites for hydroxylation is 1. The second-order valence-electron chi connectivity index (χ2n) is 5.68. The zero-order valence-corrected chi connectivity index (χ0v) is 13.9. The van der Waals surface area contributed by atoms with Crippen molar-refractivity contribution in [2.75, 3.05) is 0 Å². The SMILES string of the molecule is Cc1ccc(C#Cc2cc(F)c(C#Cc3ccc(F)cc3)cc2F)cc1. The molecular weight excluding hydrogens is 333 g/mol. The van der Waals surface area contributed by atoms with Crippen LogP contribution in [0.25, 0.3) is 0 Å². The Hall–Kier alpha value is -3.43. The maximum Gasteiger partial charge on any atom is 0.140 e. The second-order valence-corrected chi connectivity index (χ2v) is 5.68. The Morgan fingerprint density at radius 1 is 0.577 bits per heavy atom. The molecule has 0 saturated carbocycles. The Morgan fingerprint density at radius 3 is 1.46 bits per heavy atom. The van der Waals surface area contributed by atoms with Crippen molar-refractivity contribution in [2.45, 2.75) is 6.92 Å². The average molecular weight is 346 g/mol. The highest BCUT2D eigenvalue weighted by Crippen LogP contribution is 2.14. The molecule has 0 spiro atoms. The van der Waals surface area contributed by atoms with Gasteiger partial charge in [-0.2, -0.15) is 0 Å². The largest absolute Gasteiger partial charge is 0.207 e. The molecule has 3 rings (SSSR count). The van der Waals surface area contributed by atoms with Crippen molar-refractivity contribution in [1.82, 2.24) is 0 Å². The zero-order chi connectivity index (χ0) is 18.5. The number of hydrogen-bond donors (Lipinski definition) is 0. The van der Waals surface area contributed by atoms with Crippen molar-refractivity contribution in [3.63, 3.8) is 0 Å². The molecule has 0 fully saturated rings. The zero-order valence-electron chi connectivity index (χ0n) is 13.9. The van der Waals surface area contributed by atoms with E-state index in [9.17, 15) is 13.2 Å². The van der Waals surface area contributed by atoms with Crippen LogP contribution in [0.3, 0.4) is 0 Å². The third kappa shape index (κ3) is 4.35. The van der Waals surface area contributed by atoms with E-state index in [1.165, 1.54) is 24.3 Å². The van der Waals surface area contributed by atoms with E-state index in [0.717, 1.165) is 23.3 Å². The first kappa shape index (κ1) is 17.4. The van der Waals surface area contributed by atoms with Gasteiger partial charge in [0.05, 0.1) is 11.1 Å². The summed E-state index contributed by atoms with van der Waals surface area (Å²) in [6.45, 7) is 1.96. The van der Waals surface area contributed by atoms with Gasteiger partial charge in [0, 0.05) is 11.1 Å². The molecule has 0 atom stereocenters. The molecular formula is C23H13F3. The van der Waals surface area contributed by atoms with Gasteiger partial charge in [-0.1, -0.05) is 41.4 Å². The molecule has 126 valence electrons. The predicted molar refractivity (Wildman–Crippen MR) is 95.9 cm³/mol. The summed E-state index contributed by atoms with van der Waals surface area (Å²) in [5.74, 6) is 9.01. The molecule has 0 unspecified atom stereocenters. The summed E-state index contributed by atoms with van der Waals surface area (Å²) in [4.78, 5) is 0. The van der Waals surface area contributed by atoms with Crippen LogP contribution in [0.1, 0.15) is 27.8 Å². The van der Waals surface area contributed by atoms with Crippen molar-refractivity contribution < 1.29 is 13.2 Å². The van der Waals surface area contributed by atoms with Gasteiger partial charge in [0.15, 0.2) is 0 Å². The normalized spacial score (nSPS) is 9.69. The van der Waals surface area contributed by atoms with Crippen molar-refractivity contribution >= 4 is 0 Å². The van der Waals surface area contributed by atoms with Crippen LogP contribution in [0.4, 0.5) is 13.2 Å². The molecule has 0 heterocycles. The van der Waals surface area contributed by atoms with E-state index in [0.29, 0.717) is 5.56 Å². The van der Waals surface area contributed by atoms with Gasteiger partial charge in [-0.3, -0.25) is 0 Å². The molecule has 26 heavy (non-hydrogen) atoms. The van der Waals surface area contributed by atoms with Gasteiger partial charge >= 0.3 is 0 Å². The summed E-state index contributed by atoms with van der Waals surface area (Å²) in [6.07, 6.45) is 0. The summed E-state index contributed by atoms with van der Waals surface area (Å²) in [6, 6.07) is 14.9. The quantitative estimate of drug-likeness (QED) is 0.490. The van der Waals surface area contributed by atoms with Gasteiger partial charge in [0.25, 0.3) is 0 Å². The van der Waals surface area contributed by atoms with Crippen LogP contribution in [-0.4, -0.2) is 0 Å². The fourth-order valence-electron chi connectivity index (χ4n) is 2.19. The van der Waals surface area contributed by atoms with Crippen molar-refractivity contribution in [2.24, 2.45) is 0 Å². The van der Waals surface area contributed by atoms with Crippen LogP contribution in [0, 0.1) is 48.1 Å². The van der Waals surface area contributed by atoms with Gasteiger partial charge in [-0.05, 0) is 55.5 Å². The van der Waals surface area contributed by atoms with Crippen LogP contribution in [0.2, 0.25) is 0 Å². The molecule has 0 N–H and O–H groups in total. The number of hydrogen-bond acceptors (Lipinski definition) is 0. The first-order valence-corrected chi connectivity index (χ1v) is 7.86. The molecule has 3 aromatic rings. The average Bonchev–Trinajstić information content (AvgIpc) is 2.63. The minimum absolute atomic E-state index is 0.0320. The lowest BCUT2D eigenvalue weighted by atomic mass is 10.1. The summed E-state index contributed by atoms with van der Waals surface area (Å²) < 4.78 is 41.2. The van der Waals surface area contributed by atoms with Crippen LogP contribution in [0.15, 0.2) is 60.7 Å². The van der Waals surface area contributed by atoms with E-state index in [-0.39, 0.29) is 16.9 Å². The monoisotopic (exact) mass is 346 g/mol. The summed E-state index contributed by atoms with van der Waals surface area (Å²) >= 11 is 0. The summed E-state index contributed by atoms with van der Waals surface area (Å²) in [5.41, 5.74) is 2.21. The molecule has 0 bridgehead atoms. The van der Waals surface area contributed by atoms with Gasteiger partial charge in [-0.25, -0.2) is 13.2 Å². The Balaban J connectivity index is 1.87. The molecule has 0 radical (unpaired) electrons. The number of benzene rings is 3. The Kier molecular flexibility index (Phi) is 5.11. The van der Waals surface area contributed by atoms with E-state index in [2.05, 4.69) is 23.7 Å². The fraction of sp³-hybridized carbons (Fsp3) is 0.0435. The standard InChI is InChI=1S/C23H13F3/c1-16-2-4-17(5-3-16)6-10-19-14-23(26)20(15-22(19)25)11-7-18-8-12-21(24)13-9-18/h2-5,8-9,12-15H,1H3. The highest BCUT2D eigenvalue weighted by atomic mass is 19.1. The predicted octanol–water partition coefficient (Wildman–Crippen LogP) is 5.21. The topological polar surface area (TPSA) is 0 Å². The Labute approximate surface area is 150 Å². The summed E-state index contributed by atoms with van der Waals surface area (Å²) in [7, 11) is 0. The lowest BCUT2D eigenvalue weighted by molar-refractivity contribution is 0.594. The molecule has 0 aromatic heterocycles. The van der Waals surface area contributed by atoms with Crippen LogP contribution in [-0.2, 0) is 0 Å².